The van der Waals surface area contributed by atoms with Crippen molar-refractivity contribution in [2.24, 2.45) is 0 Å². The van der Waals surface area contributed by atoms with E-state index in [0.29, 0.717) is 5.92 Å². The van der Waals surface area contributed by atoms with Gasteiger partial charge in [0, 0.05) is 22.9 Å². The quantitative estimate of drug-likeness (QED) is 0.293. The van der Waals surface area contributed by atoms with Crippen molar-refractivity contribution in [3.05, 3.63) is 96.2 Å². The minimum atomic E-state index is 0.461. The molecule has 3 heteroatoms. The van der Waals surface area contributed by atoms with Gasteiger partial charge in [-0.1, -0.05) is 74.5 Å². The van der Waals surface area contributed by atoms with Gasteiger partial charge < -0.3 is 0 Å². The summed E-state index contributed by atoms with van der Waals surface area (Å²) in [4.78, 5) is 9.79. The fourth-order valence-electron chi connectivity index (χ4n) is 4.04. The van der Waals surface area contributed by atoms with Crippen LogP contribution in [0.5, 0.6) is 0 Å². The molecule has 0 aliphatic heterocycles. The van der Waals surface area contributed by atoms with Gasteiger partial charge in [0.25, 0.3) is 0 Å². The summed E-state index contributed by atoms with van der Waals surface area (Å²) in [6.45, 7) is 6.60. The van der Waals surface area contributed by atoms with Crippen LogP contribution in [0.25, 0.3) is 43.2 Å². The van der Waals surface area contributed by atoms with Gasteiger partial charge in [-0.15, -0.1) is 11.3 Å². The third-order valence-electron chi connectivity index (χ3n) is 5.66. The van der Waals surface area contributed by atoms with Crippen molar-refractivity contribution in [3.63, 3.8) is 0 Å². The molecule has 2 heterocycles. The molecule has 0 saturated carbocycles. The molecule has 5 aromatic rings. The van der Waals surface area contributed by atoms with Crippen LogP contribution in [-0.2, 0) is 0 Å². The van der Waals surface area contributed by atoms with Crippen molar-refractivity contribution >= 4 is 21.6 Å². The van der Waals surface area contributed by atoms with E-state index in [1.165, 1.54) is 27.0 Å². The van der Waals surface area contributed by atoms with Crippen molar-refractivity contribution in [2.45, 2.75) is 26.7 Å². The van der Waals surface area contributed by atoms with Gasteiger partial charge in [-0.25, -0.2) is 4.98 Å². The summed E-state index contributed by atoms with van der Waals surface area (Å²) < 4.78 is 1.21. The first kappa shape index (κ1) is 19.7. The second kappa shape index (κ2) is 8.09. The van der Waals surface area contributed by atoms with Crippen LogP contribution in [0, 0.1) is 6.92 Å². The molecule has 152 valence electrons. The standard InChI is InChI=1S/C28H24N2S/c1-18(2)23-16-25(29-17-19(23)3)22-14-24(20-10-6-4-7-11-20)27-26(15-22)30-28(31-27)21-12-8-5-9-13-21/h4-18H,1-3H3. The van der Waals surface area contributed by atoms with Crippen molar-refractivity contribution in [1.82, 2.24) is 9.97 Å². The third kappa shape index (κ3) is 3.77. The Morgan fingerprint density at radius 3 is 2.13 bits per heavy atom. The van der Waals surface area contributed by atoms with Crippen molar-refractivity contribution in [3.8, 4) is 33.0 Å². The van der Waals surface area contributed by atoms with Crippen molar-refractivity contribution < 1.29 is 0 Å². The van der Waals surface area contributed by atoms with Gasteiger partial charge in [0.1, 0.15) is 5.01 Å². The number of hydrogen-bond acceptors (Lipinski definition) is 3. The van der Waals surface area contributed by atoms with E-state index in [2.05, 4.69) is 93.6 Å². The van der Waals surface area contributed by atoms with E-state index in [4.69, 9.17) is 9.97 Å². The van der Waals surface area contributed by atoms with E-state index in [1.54, 1.807) is 11.3 Å². The molecule has 0 fully saturated rings. The zero-order chi connectivity index (χ0) is 21.4. The maximum absolute atomic E-state index is 5.02. The number of nitrogens with zero attached hydrogens (tertiary/aromatic N) is 2. The lowest BCUT2D eigenvalue weighted by atomic mass is 9.96. The highest BCUT2D eigenvalue weighted by molar-refractivity contribution is 7.22. The minimum absolute atomic E-state index is 0.461. The highest BCUT2D eigenvalue weighted by Gasteiger charge is 2.15. The number of rotatable bonds is 4. The molecule has 0 aliphatic carbocycles. The summed E-state index contributed by atoms with van der Waals surface area (Å²) in [5, 5.41) is 1.05. The zero-order valence-electron chi connectivity index (χ0n) is 18.0. The normalized spacial score (nSPS) is 11.4. The molecule has 0 bridgehead atoms. The number of aromatic nitrogens is 2. The number of benzene rings is 3. The van der Waals surface area contributed by atoms with Crippen LogP contribution in [0.4, 0.5) is 0 Å². The summed E-state index contributed by atoms with van der Waals surface area (Å²) in [5.41, 5.74) is 9.28. The Morgan fingerprint density at radius 2 is 1.45 bits per heavy atom. The van der Waals surface area contributed by atoms with E-state index in [1.807, 2.05) is 12.3 Å². The molecule has 2 nitrogen and oxygen atoms in total. The summed E-state index contributed by atoms with van der Waals surface area (Å²) in [6, 6.07) is 27.7. The molecule has 31 heavy (non-hydrogen) atoms. The number of thiazole rings is 1. The molecule has 0 atom stereocenters. The van der Waals surface area contributed by atoms with E-state index < -0.39 is 0 Å². The smallest absolute Gasteiger partial charge is 0.124 e. The average Bonchev–Trinajstić information content (AvgIpc) is 3.24. The number of aryl methyl sites for hydroxylation is 1. The van der Waals surface area contributed by atoms with Gasteiger partial charge in [-0.3, -0.25) is 4.98 Å². The fraction of sp³-hybridized carbons (Fsp3) is 0.143. The first-order valence-electron chi connectivity index (χ1n) is 10.6. The van der Waals surface area contributed by atoms with Gasteiger partial charge in [0.2, 0.25) is 0 Å². The maximum atomic E-state index is 5.02. The molecular weight excluding hydrogens is 396 g/mol. The molecule has 0 aliphatic rings. The Labute approximate surface area is 187 Å². The molecule has 0 saturated heterocycles. The molecular formula is C28H24N2S. The highest BCUT2D eigenvalue weighted by atomic mass is 32.1. The predicted octanol–water partition coefficient (Wildman–Crippen LogP) is 8.12. The second-order valence-electron chi connectivity index (χ2n) is 8.20. The molecule has 0 radical (unpaired) electrons. The molecule has 2 aromatic heterocycles. The SMILES string of the molecule is Cc1cnc(-c2cc(-c3ccccc3)c3sc(-c4ccccc4)nc3c2)cc1C(C)C. The first-order chi connectivity index (χ1) is 15.1. The molecule has 0 spiro atoms. The minimum Gasteiger partial charge on any atom is -0.256 e. The van der Waals surface area contributed by atoms with Crippen LogP contribution in [0.2, 0.25) is 0 Å². The fourth-order valence-corrected chi connectivity index (χ4v) is 5.12. The van der Waals surface area contributed by atoms with Gasteiger partial charge in [0.15, 0.2) is 0 Å². The number of pyridine rings is 1. The second-order valence-corrected chi connectivity index (χ2v) is 9.20. The maximum Gasteiger partial charge on any atom is 0.124 e. The lowest BCUT2D eigenvalue weighted by molar-refractivity contribution is 0.852. The van der Waals surface area contributed by atoms with Crippen LogP contribution >= 0.6 is 11.3 Å². The Balaban J connectivity index is 1.75. The van der Waals surface area contributed by atoms with Crippen LogP contribution in [-0.4, -0.2) is 9.97 Å². The van der Waals surface area contributed by atoms with Gasteiger partial charge in [-0.05, 0) is 47.7 Å². The van der Waals surface area contributed by atoms with Gasteiger partial charge in [-0.2, -0.15) is 0 Å². The summed E-state index contributed by atoms with van der Waals surface area (Å²) in [6.07, 6.45) is 1.99. The Kier molecular flexibility index (Phi) is 5.13. The molecule has 0 N–H and O–H groups in total. The monoisotopic (exact) mass is 420 g/mol. The molecule has 5 rings (SSSR count). The Hall–Kier alpha value is -3.30. The van der Waals surface area contributed by atoms with Gasteiger partial charge >= 0.3 is 0 Å². The highest BCUT2D eigenvalue weighted by Crippen LogP contribution is 2.40. The molecule has 3 aromatic carbocycles. The lowest BCUT2D eigenvalue weighted by Gasteiger charge is -2.12. The topological polar surface area (TPSA) is 25.8 Å². The Bertz CT molecular complexity index is 1350. The van der Waals surface area contributed by atoms with Crippen LogP contribution in [0.1, 0.15) is 30.9 Å². The van der Waals surface area contributed by atoms with Crippen LogP contribution in [0.3, 0.4) is 0 Å². The van der Waals surface area contributed by atoms with Crippen molar-refractivity contribution in [2.75, 3.05) is 0 Å². The third-order valence-corrected chi connectivity index (χ3v) is 6.81. The van der Waals surface area contributed by atoms with Gasteiger partial charge in [0.05, 0.1) is 15.9 Å². The van der Waals surface area contributed by atoms with E-state index in [0.717, 1.165) is 27.3 Å². The average molecular weight is 421 g/mol. The van der Waals surface area contributed by atoms with E-state index in [-0.39, 0.29) is 0 Å². The van der Waals surface area contributed by atoms with E-state index >= 15 is 0 Å². The van der Waals surface area contributed by atoms with E-state index in [9.17, 15) is 0 Å². The van der Waals surface area contributed by atoms with Crippen molar-refractivity contribution in [1.29, 1.82) is 0 Å². The van der Waals surface area contributed by atoms with Crippen LogP contribution in [0.15, 0.2) is 85.1 Å². The number of hydrogen-bond donors (Lipinski definition) is 0. The zero-order valence-corrected chi connectivity index (χ0v) is 18.8. The Morgan fingerprint density at radius 1 is 0.774 bits per heavy atom. The first-order valence-corrected chi connectivity index (χ1v) is 11.4. The largest absolute Gasteiger partial charge is 0.256 e. The number of fused-ring (bicyclic) bond motifs is 1. The lowest BCUT2D eigenvalue weighted by Crippen LogP contribution is -1.95. The predicted molar refractivity (Wildman–Crippen MR) is 133 cm³/mol. The molecule has 0 amide bonds. The van der Waals surface area contributed by atoms with Crippen LogP contribution < -0.4 is 0 Å². The summed E-state index contributed by atoms with van der Waals surface area (Å²) >= 11 is 1.75. The summed E-state index contributed by atoms with van der Waals surface area (Å²) in [5.74, 6) is 0.461. The molecule has 0 unspecified atom stereocenters. The summed E-state index contributed by atoms with van der Waals surface area (Å²) in [7, 11) is 0.